The van der Waals surface area contributed by atoms with Gasteiger partial charge in [-0.05, 0) is 56.7 Å². The van der Waals surface area contributed by atoms with Gasteiger partial charge in [0.25, 0.3) is 0 Å². The summed E-state index contributed by atoms with van der Waals surface area (Å²) >= 11 is 0. The first kappa shape index (κ1) is 23.1. The van der Waals surface area contributed by atoms with E-state index in [1.165, 1.54) is 12.8 Å². The molecule has 1 unspecified atom stereocenters. The predicted octanol–water partition coefficient (Wildman–Crippen LogP) is 5.02. The molecule has 0 heterocycles. The molecule has 2 aromatic carbocycles. The Hall–Kier alpha value is -2.62. The molecule has 0 aromatic heterocycles. The first-order valence-corrected chi connectivity index (χ1v) is 11.6. The molecular formula is C27H36N2O2. The number of nitrogens with zero attached hydrogens (tertiary/aromatic N) is 1. The van der Waals surface area contributed by atoms with Crippen LogP contribution in [0.15, 0.2) is 42.5 Å². The molecule has 4 heteroatoms. The molecule has 0 spiro atoms. The Morgan fingerprint density at radius 2 is 1.74 bits per heavy atom. The molecule has 1 fully saturated rings. The van der Waals surface area contributed by atoms with E-state index >= 15 is 0 Å². The molecule has 166 valence electrons. The normalized spacial score (nSPS) is 15.0. The van der Waals surface area contributed by atoms with Gasteiger partial charge in [-0.15, -0.1) is 0 Å². The van der Waals surface area contributed by atoms with Crippen LogP contribution >= 0.6 is 0 Å². The topological polar surface area (TPSA) is 49.4 Å². The van der Waals surface area contributed by atoms with Crippen molar-refractivity contribution in [2.75, 3.05) is 0 Å². The average Bonchev–Trinajstić information content (AvgIpc) is 3.23. The molecule has 1 atom stereocenters. The largest absolute Gasteiger partial charge is 0.352 e. The molecule has 1 N–H and O–H groups in total. The second-order valence-electron chi connectivity index (χ2n) is 9.03. The maximum atomic E-state index is 13.6. The van der Waals surface area contributed by atoms with E-state index in [4.69, 9.17) is 0 Å². The van der Waals surface area contributed by atoms with Crippen LogP contribution in [0.2, 0.25) is 0 Å². The summed E-state index contributed by atoms with van der Waals surface area (Å²) in [5.41, 5.74) is 5.50. The van der Waals surface area contributed by atoms with Gasteiger partial charge < -0.3 is 10.2 Å². The van der Waals surface area contributed by atoms with Crippen molar-refractivity contribution in [3.63, 3.8) is 0 Å². The van der Waals surface area contributed by atoms with Gasteiger partial charge in [-0.25, -0.2) is 0 Å². The summed E-state index contributed by atoms with van der Waals surface area (Å²) in [4.78, 5) is 28.5. The maximum absolute atomic E-state index is 13.6. The molecule has 0 aliphatic heterocycles. The van der Waals surface area contributed by atoms with Crippen LogP contribution < -0.4 is 5.32 Å². The highest BCUT2D eigenvalue weighted by Gasteiger charge is 2.30. The van der Waals surface area contributed by atoms with Gasteiger partial charge in [0.15, 0.2) is 0 Å². The summed E-state index contributed by atoms with van der Waals surface area (Å²) in [6.07, 6.45) is 5.32. The van der Waals surface area contributed by atoms with Crippen molar-refractivity contribution in [3.8, 4) is 0 Å². The Bertz CT molecular complexity index is 915. The van der Waals surface area contributed by atoms with Crippen molar-refractivity contribution < 1.29 is 9.59 Å². The van der Waals surface area contributed by atoms with E-state index in [0.29, 0.717) is 19.4 Å². The van der Waals surface area contributed by atoms with Crippen molar-refractivity contribution >= 4 is 11.8 Å². The van der Waals surface area contributed by atoms with Crippen LogP contribution in [-0.4, -0.2) is 28.8 Å². The third-order valence-electron chi connectivity index (χ3n) is 6.37. The van der Waals surface area contributed by atoms with Gasteiger partial charge in [0.05, 0.1) is 6.42 Å². The summed E-state index contributed by atoms with van der Waals surface area (Å²) in [5, 5.41) is 3.21. The van der Waals surface area contributed by atoms with E-state index < -0.39 is 6.04 Å². The van der Waals surface area contributed by atoms with Crippen LogP contribution in [0, 0.1) is 20.8 Å². The molecule has 2 amide bonds. The zero-order valence-electron chi connectivity index (χ0n) is 19.4. The highest BCUT2D eigenvalue weighted by atomic mass is 16.2. The van der Waals surface area contributed by atoms with Crippen LogP contribution in [0.1, 0.15) is 66.8 Å². The Morgan fingerprint density at radius 3 is 2.42 bits per heavy atom. The number of aryl methyl sites for hydroxylation is 3. The SMILES string of the molecule is CCC(C(=O)NC1CCCC1)N(Cc1cccc(C)c1)C(=O)Cc1cc(C)ccc1C. The van der Waals surface area contributed by atoms with Gasteiger partial charge in [-0.2, -0.15) is 0 Å². The zero-order chi connectivity index (χ0) is 22.4. The minimum Gasteiger partial charge on any atom is -0.352 e. The minimum atomic E-state index is -0.460. The molecule has 4 nitrogen and oxygen atoms in total. The van der Waals surface area contributed by atoms with Crippen LogP contribution in [0.4, 0.5) is 0 Å². The highest BCUT2D eigenvalue weighted by Crippen LogP contribution is 2.21. The van der Waals surface area contributed by atoms with Crippen LogP contribution in [0.5, 0.6) is 0 Å². The lowest BCUT2D eigenvalue weighted by atomic mass is 10.0. The monoisotopic (exact) mass is 420 g/mol. The number of carbonyl (C=O) groups excluding carboxylic acids is 2. The molecular weight excluding hydrogens is 384 g/mol. The number of rotatable bonds is 8. The molecule has 1 aliphatic rings. The van der Waals surface area contributed by atoms with Gasteiger partial charge in [0.1, 0.15) is 6.04 Å². The van der Waals surface area contributed by atoms with Gasteiger partial charge in [-0.1, -0.05) is 73.4 Å². The Balaban J connectivity index is 1.85. The van der Waals surface area contributed by atoms with Crippen molar-refractivity contribution in [1.82, 2.24) is 10.2 Å². The van der Waals surface area contributed by atoms with Crippen molar-refractivity contribution in [2.24, 2.45) is 0 Å². The first-order valence-electron chi connectivity index (χ1n) is 11.6. The fraction of sp³-hybridized carbons (Fsp3) is 0.481. The number of hydrogen-bond acceptors (Lipinski definition) is 2. The number of benzene rings is 2. The standard InChI is InChI=1S/C27H36N2O2/c1-5-25(27(31)28-24-11-6-7-12-24)29(18-22-10-8-9-19(2)15-22)26(30)17-23-16-20(3)13-14-21(23)4/h8-10,13-16,24-25H,5-7,11-12,17-18H2,1-4H3,(H,28,31). The lowest BCUT2D eigenvalue weighted by Gasteiger charge is -2.32. The Labute approximate surface area is 187 Å². The maximum Gasteiger partial charge on any atom is 0.243 e. The molecule has 3 rings (SSSR count). The fourth-order valence-electron chi connectivity index (χ4n) is 4.55. The Morgan fingerprint density at radius 1 is 1.03 bits per heavy atom. The molecule has 0 radical (unpaired) electrons. The van der Waals surface area contributed by atoms with Gasteiger partial charge in [0.2, 0.25) is 11.8 Å². The molecule has 1 saturated carbocycles. The van der Waals surface area contributed by atoms with Crippen molar-refractivity contribution in [3.05, 3.63) is 70.3 Å². The first-order chi connectivity index (χ1) is 14.9. The molecule has 0 bridgehead atoms. The van der Waals surface area contributed by atoms with Crippen LogP contribution in [0.25, 0.3) is 0 Å². The highest BCUT2D eigenvalue weighted by molar-refractivity contribution is 5.88. The van der Waals surface area contributed by atoms with E-state index in [1.54, 1.807) is 4.90 Å². The average molecular weight is 421 g/mol. The van der Waals surface area contributed by atoms with Crippen molar-refractivity contribution in [2.45, 2.75) is 84.8 Å². The van der Waals surface area contributed by atoms with E-state index in [2.05, 4.69) is 42.6 Å². The summed E-state index contributed by atoms with van der Waals surface area (Å²) in [6, 6.07) is 14.2. The van der Waals surface area contributed by atoms with Gasteiger partial charge >= 0.3 is 0 Å². The quantitative estimate of drug-likeness (QED) is 0.652. The molecule has 31 heavy (non-hydrogen) atoms. The third-order valence-corrected chi connectivity index (χ3v) is 6.37. The van der Waals surface area contributed by atoms with E-state index in [-0.39, 0.29) is 17.9 Å². The third kappa shape index (κ3) is 6.19. The number of carbonyl (C=O) groups is 2. The van der Waals surface area contributed by atoms with E-state index in [0.717, 1.165) is 40.7 Å². The summed E-state index contributed by atoms with van der Waals surface area (Å²) < 4.78 is 0. The number of nitrogens with one attached hydrogen (secondary N) is 1. The van der Waals surface area contributed by atoms with E-state index in [1.807, 2.05) is 32.9 Å². The second kappa shape index (κ2) is 10.6. The van der Waals surface area contributed by atoms with Gasteiger partial charge in [-0.3, -0.25) is 9.59 Å². The number of amides is 2. The predicted molar refractivity (Wildman–Crippen MR) is 126 cm³/mol. The summed E-state index contributed by atoms with van der Waals surface area (Å²) in [6.45, 7) is 8.57. The molecule has 0 saturated heterocycles. The summed E-state index contributed by atoms with van der Waals surface area (Å²) in [7, 11) is 0. The van der Waals surface area contributed by atoms with Gasteiger partial charge in [0, 0.05) is 12.6 Å². The fourth-order valence-corrected chi connectivity index (χ4v) is 4.55. The van der Waals surface area contributed by atoms with Crippen LogP contribution in [-0.2, 0) is 22.6 Å². The molecule has 2 aromatic rings. The van der Waals surface area contributed by atoms with Crippen molar-refractivity contribution in [1.29, 1.82) is 0 Å². The second-order valence-corrected chi connectivity index (χ2v) is 9.03. The summed E-state index contributed by atoms with van der Waals surface area (Å²) in [5.74, 6) is -0.0139. The Kier molecular flexibility index (Phi) is 7.89. The van der Waals surface area contributed by atoms with E-state index in [9.17, 15) is 9.59 Å². The minimum absolute atomic E-state index is 0.00336. The zero-order valence-corrected chi connectivity index (χ0v) is 19.4. The smallest absolute Gasteiger partial charge is 0.243 e. The lowest BCUT2D eigenvalue weighted by molar-refractivity contribution is -0.141. The number of hydrogen-bond donors (Lipinski definition) is 1. The van der Waals surface area contributed by atoms with Crippen LogP contribution in [0.3, 0.4) is 0 Å². The molecule has 1 aliphatic carbocycles. The lowest BCUT2D eigenvalue weighted by Crippen LogP contribution is -2.51.